The first-order valence-electron chi connectivity index (χ1n) is 10.3. The van der Waals surface area contributed by atoms with Gasteiger partial charge < -0.3 is 14.2 Å². The van der Waals surface area contributed by atoms with E-state index in [1.54, 1.807) is 6.26 Å². The van der Waals surface area contributed by atoms with Crippen molar-refractivity contribution in [1.29, 1.82) is 0 Å². The zero-order valence-corrected chi connectivity index (χ0v) is 15.4. The van der Waals surface area contributed by atoms with E-state index in [0.717, 1.165) is 64.0 Å². The fourth-order valence-corrected chi connectivity index (χ4v) is 5.58. The number of hydrogen-bond acceptors (Lipinski definition) is 5. The van der Waals surface area contributed by atoms with E-state index in [1.807, 2.05) is 6.07 Å². The molecule has 26 heavy (non-hydrogen) atoms. The van der Waals surface area contributed by atoms with Crippen molar-refractivity contribution in [2.45, 2.75) is 76.1 Å². The molecule has 0 spiro atoms. The second-order valence-corrected chi connectivity index (χ2v) is 8.63. The topological polar surface area (TPSA) is 58.8 Å². The van der Waals surface area contributed by atoms with E-state index in [4.69, 9.17) is 9.26 Å². The lowest BCUT2D eigenvalue weighted by Crippen LogP contribution is -2.67. The van der Waals surface area contributed by atoms with Crippen LogP contribution in [0.25, 0.3) is 0 Å². The van der Waals surface area contributed by atoms with Crippen LogP contribution in [0.2, 0.25) is 0 Å². The van der Waals surface area contributed by atoms with Crippen LogP contribution in [0.5, 0.6) is 0 Å². The van der Waals surface area contributed by atoms with Crippen LogP contribution >= 0.6 is 0 Å². The van der Waals surface area contributed by atoms with Gasteiger partial charge in [-0.15, -0.1) is 0 Å². The summed E-state index contributed by atoms with van der Waals surface area (Å²) in [5, 5.41) is 4.06. The molecule has 3 atom stereocenters. The fraction of sp³-hybridized carbons (Fsp3) is 0.800. The minimum atomic E-state index is -0.213. The number of amides is 1. The molecule has 6 rings (SSSR count). The number of carbonyl (C=O) groups is 1. The lowest BCUT2D eigenvalue weighted by Gasteiger charge is -2.56. The van der Waals surface area contributed by atoms with Gasteiger partial charge in [-0.1, -0.05) is 11.6 Å². The zero-order valence-electron chi connectivity index (χ0n) is 15.4. The monoisotopic (exact) mass is 359 g/mol. The molecule has 0 aromatic carbocycles. The van der Waals surface area contributed by atoms with Gasteiger partial charge >= 0.3 is 0 Å². The number of aromatic nitrogens is 1. The molecule has 1 saturated carbocycles. The highest BCUT2D eigenvalue weighted by Crippen LogP contribution is 2.50. The normalized spacial score (nSPS) is 33.8. The first-order valence-corrected chi connectivity index (χ1v) is 10.3. The van der Waals surface area contributed by atoms with E-state index in [-0.39, 0.29) is 11.5 Å². The third-order valence-electron chi connectivity index (χ3n) is 7.23. The molecule has 1 amide bonds. The van der Waals surface area contributed by atoms with Gasteiger partial charge in [-0.2, -0.15) is 0 Å². The maximum atomic E-state index is 13.6. The van der Waals surface area contributed by atoms with Crippen LogP contribution in [0.3, 0.4) is 0 Å². The van der Waals surface area contributed by atoms with Gasteiger partial charge in [0.05, 0.1) is 17.2 Å². The highest BCUT2D eigenvalue weighted by molar-refractivity contribution is 5.85. The first-order chi connectivity index (χ1) is 12.8. The van der Waals surface area contributed by atoms with Crippen molar-refractivity contribution in [2.24, 2.45) is 5.41 Å². The Morgan fingerprint density at radius 1 is 1.15 bits per heavy atom. The predicted octanol–water partition coefficient (Wildman–Crippen LogP) is 2.59. The summed E-state index contributed by atoms with van der Waals surface area (Å²) in [6, 6.07) is 2.74. The summed E-state index contributed by atoms with van der Waals surface area (Å²) in [6.07, 6.45) is 10.7. The second-order valence-electron chi connectivity index (χ2n) is 8.63. The van der Waals surface area contributed by atoms with Gasteiger partial charge in [0, 0.05) is 44.4 Å². The van der Waals surface area contributed by atoms with Crippen LogP contribution in [0, 0.1) is 5.41 Å². The van der Waals surface area contributed by atoms with Crippen LogP contribution in [0.4, 0.5) is 0 Å². The van der Waals surface area contributed by atoms with Crippen molar-refractivity contribution in [3.63, 3.8) is 0 Å². The highest BCUT2D eigenvalue weighted by atomic mass is 16.5. The quantitative estimate of drug-likeness (QED) is 0.827. The Bertz CT molecular complexity index is 637. The van der Waals surface area contributed by atoms with Crippen LogP contribution in [0.15, 0.2) is 16.9 Å². The van der Waals surface area contributed by atoms with Gasteiger partial charge in [-0.25, -0.2) is 0 Å². The highest BCUT2D eigenvalue weighted by Gasteiger charge is 2.55. The third-order valence-corrected chi connectivity index (χ3v) is 7.23. The number of ether oxygens (including phenoxy) is 1. The van der Waals surface area contributed by atoms with E-state index in [2.05, 4.69) is 15.0 Å². The van der Waals surface area contributed by atoms with Gasteiger partial charge in [0.2, 0.25) is 5.91 Å². The van der Waals surface area contributed by atoms with E-state index in [9.17, 15) is 4.79 Å². The van der Waals surface area contributed by atoms with Gasteiger partial charge in [-0.3, -0.25) is 9.69 Å². The molecule has 1 aromatic rings. The average Bonchev–Trinajstić information content (AvgIpc) is 3.15. The second kappa shape index (κ2) is 6.64. The summed E-state index contributed by atoms with van der Waals surface area (Å²) in [6.45, 7) is 3.49. The van der Waals surface area contributed by atoms with E-state index >= 15 is 0 Å². The maximum absolute atomic E-state index is 13.6. The first kappa shape index (κ1) is 16.8. The molecule has 3 unspecified atom stereocenters. The Labute approximate surface area is 154 Å². The SMILES string of the molecule is O=C(N1CC2CCC1CN2Cc1ccon1)C1(C2CCCCO2)CCC1. The predicted molar refractivity (Wildman–Crippen MR) is 95.3 cm³/mol. The molecular weight excluding hydrogens is 330 g/mol. The molecule has 5 fully saturated rings. The lowest BCUT2D eigenvalue weighted by atomic mass is 9.62. The zero-order chi connectivity index (χ0) is 17.6. The molecule has 4 aliphatic heterocycles. The Morgan fingerprint density at radius 2 is 2.04 bits per heavy atom. The number of fused-ring (bicyclic) bond motifs is 3. The lowest BCUT2D eigenvalue weighted by molar-refractivity contribution is -0.177. The number of hydrogen-bond donors (Lipinski definition) is 0. The molecule has 0 radical (unpaired) electrons. The van der Waals surface area contributed by atoms with Crippen LogP contribution < -0.4 is 0 Å². The summed E-state index contributed by atoms with van der Waals surface area (Å²) in [4.78, 5) is 18.3. The number of nitrogens with zero attached hydrogens (tertiary/aromatic N) is 3. The van der Waals surface area contributed by atoms with E-state index < -0.39 is 0 Å². The standard InChI is InChI=1S/C20H29N3O3/c24-19(20(8-3-9-20)18-4-1-2-10-25-18)23-14-16-5-6-17(23)13-22(16)12-15-7-11-26-21-15/h7,11,16-18H,1-6,8-10,12-14H2. The van der Waals surface area contributed by atoms with Gasteiger partial charge in [0.25, 0.3) is 0 Å². The third kappa shape index (κ3) is 2.69. The molecule has 5 heterocycles. The van der Waals surface area contributed by atoms with Crippen molar-refractivity contribution >= 4 is 5.91 Å². The summed E-state index contributed by atoms with van der Waals surface area (Å²) in [7, 11) is 0. The maximum Gasteiger partial charge on any atom is 0.231 e. The Kier molecular flexibility index (Phi) is 4.28. The number of rotatable bonds is 4. The van der Waals surface area contributed by atoms with Crippen molar-refractivity contribution in [1.82, 2.24) is 15.0 Å². The smallest absolute Gasteiger partial charge is 0.231 e. The molecule has 5 aliphatic rings. The Balaban J connectivity index is 1.29. The van der Waals surface area contributed by atoms with Crippen LogP contribution in [-0.4, -0.2) is 58.7 Å². The summed E-state index contributed by atoms with van der Waals surface area (Å²) in [5.41, 5.74) is 0.774. The Morgan fingerprint density at radius 3 is 2.65 bits per heavy atom. The molecule has 4 saturated heterocycles. The average molecular weight is 359 g/mol. The van der Waals surface area contributed by atoms with Gasteiger partial charge in [0.1, 0.15) is 6.26 Å². The van der Waals surface area contributed by atoms with Crippen molar-refractivity contribution in [2.75, 3.05) is 19.7 Å². The molecular formula is C20H29N3O3. The molecule has 2 bridgehead atoms. The minimum Gasteiger partial charge on any atom is -0.377 e. The number of piperazine rings is 1. The van der Waals surface area contributed by atoms with Crippen LogP contribution in [0.1, 0.15) is 57.1 Å². The van der Waals surface area contributed by atoms with Gasteiger partial charge in [-0.05, 0) is 44.9 Å². The largest absolute Gasteiger partial charge is 0.377 e. The van der Waals surface area contributed by atoms with Crippen molar-refractivity contribution < 1.29 is 14.1 Å². The Hall–Kier alpha value is -1.40. The molecule has 142 valence electrons. The number of piperidine rings is 2. The summed E-state index contributed by atoms with van der Waals surface area (Å²) in [5.74, 6) is 0.395. The molecule has 0 N–H and O–H groups in total. The molecule has 6 nitrogen and oxygen atoms in total. The molecule has 1 aliphatic carbocycles. The van der Waals surface area contributed by atoms with Crippen molar-refractivity contribution in [3.05, 3.63) is 18.0 Å². The van der Waals surface area contributed by atoms with E-state index in [0.29, 0.717) is 18.0 Å². The van der Waals surface area contributed by atoms with Crippen molar-refractivity contribution in [3.8, 4) is 0 Å². The molecule has 1 aromatic heterocycles. The summed E-state index contributed by atoms with van der Waals surface area (Å²) < 4.78 is 11.1. The van der Waals surface area contributed by atoms with E-state index in [1.165, 1.54) is 19.3 Å². The van der Waals surface area contributed by atoms with Crippen LogP contribution in [-0.2, 0) is 16.1 Å². The van der Waals surface area contributed by atoms with Gasteiger partial charge in [0.15, 0.2) is 0 Å². The number of carbonyl (C=O) groups excluding carboxylic acids is 1. The fourth-order valence-electron chi connectivity index (χ4n) is 5.58. The summed E-state index contributed by atoms with van der Waals surface area (Å²) >= 11 is 0. The molecule has 6 heteroatoms. The minimum absolute atomic E-state index is 0.157.